The second kappa shape index (κ2) is 19.2. The number of aliphatic carboxylic acids is 1. The zero-order chi connectivity index (χ0) is 15.8. The molecular weight excluding hydrogens is 287 g/mol. The third-order valence-electron chi connectivity index (χ3n) is 3.80. The largest absolute Gasteiger partial charge is 1.00 e. The molecular formula is C18H33NaO3. The van der Waals surface area contributed by atoms with E-state index in [0.29, 0.717) is 0 Å². The van der Waals surface area contributed by atoms with Gasteiger partial charge in [-0.05, 0) is 51.4 Å². The van der Waals surface area contributed by atoms with Gasteiger partial charge in [-0.15, -0.1) is 0 Å². The number of hydrogen-bond donors (Lipinski definition) is 1. The van der Waals surface area contributed by atoms with Gasteiger partial charge in [0, 0.05) is 5.97 Å². The number of carbonyl (C=O) groups excluding carboxylic acids is 1. The van der Waals surface area contributed by atoms with Gasteiger partial charge in [0.25, 0.3) is 0 Å². The average molecular weight is 320 g/mol. The summed E-state index contributed by atoms with van der Waals surface area (Å²) in [7, 11) is 0. The number of allylic oxidation sites excluding steroid dienone is 2. The molecule has 0 aliphatic heterocycles. The molecule has 0 aliphatic rings. The molecule has 0 spiro atoms. The zero-order valence-electron chi connectivity index (χ0n) is 14.7. The van der Waals surface area contributed by atoms with Gasteiger partial charge in [0.2, 0.25) is 0 Å². The smallest absolute Gasteiger partial charge is 0.550 e. The SMILES string of the molecule is CCC(O)CCCCC/C=C\CCCCCCCC(=O)[O-].[Na+]. The first-order chi connectivity index (χ1) is 10.2. The van der Waals surface area contributed by atoms with Crippen LogP contribution in [0, 0.1) is 0 Å². The van der Waals surface area contributed by atoms with Crippen LogP contribution in [0.2, 0.25) is 0 Å². The molecule has 1 N–H and O–H groups in total. The molecule has 0 bridgehead atoms. The Kier molecular flexibility index (Phi) is 21.3. The number of carboxylic acids is 1. The van der Waals surface area contributed by atoms with Crippen LogP contribution in [-0.2, 0) is 4.79 Å². The van der Waals surface area contributed by atoms with Gasteiger partial charge in [-0.3, -0.25) is 0 Å². The van der Waals surface area contributed by atoms with Gasteiger partial charge in [-0.25, -0.2) is 0 Å². The van der Waals surface area contributed by atoms with E-state index in [2.05, 4.69) is 12.2 Å². The first-order valence-electron chi connectivity index (χ1n) is 8.69. The van der Waals surface area contributed by atoms with Crippen LogP contribution in [0.3, 0.4) is 0 Å². The van der Waals surface area contributed by atoms with Crippen LogP contribution < -0.4 is 34.7 Å². The predicted molar refractivity (Wildman–Crippen MR) is 85.8 cm³/mol. The Morgan fingerprint density at radius 3 is 2.00 bits per heavy atom. The molecule has 1 unspecified atom stereocenters. The van der Waals surface area contributed by atoms with Crippen LogP contribution in [0.5, 0.6) is 0 Å². The number of rotatable bonds is 15. The Morgan fingerprint density at radius 1 is 0.955 bits per heavy atom. The van der Waals surface area contributed by atoms with E-state index in [1.54, 1.807) is 0 Å². The number of carboxylic acid groups (broad SMARTS) is 1. The Balaban J connectivity index is 0. The molecule has 0 fully saturated rings. The molecule has 0 saturated carbocycles. The van der Waals surface area contributed by atoms with E-state index in [0.717, 1.165) is 51.4 Å². The van der Waals surface area contributed by atoms with Crippen molar-refractivity contribution >= 4 is 5.97 Å². The molecule has 0 aromatic carbocycles. The minimum absolute atomic E-state index is 0. The van der Waals surface area contributed by atoms with Gasteiger partial charge in [-0.1, -0.05) is 51.2 Å². The predicted octanol–water partition coefficient (Wildman–Crippen LogP) is 0.749. The van der Waals surface area contributed by atoms with Crippen molar-refractivity contribution in [3.63, 3.8) is 0 Å². The molecule has 0 rings (SSSR count). The summed E-state index contributed by atoms with van der Waals surface area (Å²) < 4.78 is 0. The third kappa shape index (κ3) is 20.2. The molecule has 0 radical (unpaired) electrons. The molecule has 0 heterocycles. The van der Waals surface area contributed by atoms with E-state index in [4.69, 9.17) is 0 Å². The van der Waals surface area contributed by atoms with E-state index >= 15 is 0 Å². The van der Waals surface area contributed by atoms with E-state index in [1.807, 2.05) is 6.92 Å². The van der Waals surface area contributed by atoms with Crippen molar-refractivity contribution in [2.24, 2.45) is 0 Å². The fourth-order valence-corrected chi connectivity index (χ4v) is 2.32. The summed E-state index contributed by atoms with van der Waals surface area (Å²) >= 11 is 0. The quantitative estimate of drug-likeness (QED) is 0.275. The number of aliphatic hydroxyl groups is 1. The van der Waals surface area contributed by atoms with Crippen molar-refractivity contribution in [2.75, 3.05) is 0 Å². The molecule has 0 saturated heterocycles. The van der Waals surface area contributed by atoms with Crippen molar-refractivity contribution in [2.45, 2.75) is 96.5 Å². The van der Waals surface area contributed by atoms with E-state index in [9.17, 15) is 15.0 Å². The second-order valence-electron chi connectivity index (χ2n) is 5.85. The summed E-state index contributed by atoms with van der Waals surface area (Å²) in [4.78, 5) is 10.2. The van der Waals surface area contributed by atoms with Crippen molar-refractivity contribution in [1.29, 1.82) is 0 Å². The number of hydrogen-bond acceptors (Lipinski definition) is 3. The molecule has 0 aromatic heterocycles. The van der Waals surface area contributed by atoms with Gasteiger partial charge in [-0.2, -0.15) is 0 Å². The Labute approximate surface area is 158 Å². The van der Waals surface area contributed by atoms with Crippen LogP contribution in [-0.4, -0.2) is 17.2 Å². The first-order valence-corrected chi connectivity index (χ1v) is 8.69. The van der Waals surface area contributed by atoms with Crippen LogP contribution in [0.25, 0.3) is 0 Å². The molecule has 22 heavy (non-hydrogen) atoms. The standard InChI is InChI=1S/C18H34O3.Na/c1-2-17(19)15-13-11-9-7-5-3-4-6-8-10-12-14-16-18(20)21;/h3,5,17,19H,2,4,6-16H2,1H3,(H,20,21);/q;+1/p-1/b5-3-;. The summed E-state index contributed by atoms with van der Waals surface area (Å²) in [5.41, 5.74) is 0. The third-order valence-corrected chi connectivity index (χ3v) is 3.80. The normalized spacial score (nSPS) is 12.3. The van der Waals surface area contributed by atoms with Crippen LogP contribution in [0.15, 0.2) is 12.2 Å². The van der Waals surface area contributed by atoms with E-state index in [1.165, 1.54) is 25.7 Å². The van der Waals surface area contributed by atoms with Crippen LogP contribution in [0.1, 0.15) is 90.4 Å². The van der Waals surface area contributed by atoms with Crippen LogP contribution >= 0.6 is 0 Å². The number of unbranched alkanes of at least 4 members (excludes halogenated alkanes) is 8. The second-order valence-corrected chi connectivity index (χ2v) is 5.85. The van der Waals surface area contributed by atoms with Gasteiger partial charge in [0.15, 0.2) is 0 Å². The van der Waals surface area contributed by atoms with Gasteiger partial charge >= 0.3 is 29.6 Å². The summed E-state index contributed by atoms with van der Waals surface area (Å²) in [5.74, 6) is -0.929. The minimum Gasteiger partial charge on any atom is -0.550 e. The Bertz CT molecular complexity index is 267. The van der Waals surface area contributed by atoms with Gasteiger partial charge in [0.05, 0.1) is 6.10 Å². The minimum atomic E-state index is -0.929. The summed E-state index contributed by atoms with van der Waals surface area (Å²) in [5, 5.41) is 19.6. The van der Waals surface area contributed by atoms with Crippen molar-refractivity contribution < 1.29 is 44.6 Å². The molecule has 0 aliphatic carbocycles. The topological polar surface area (TPSA) is 60.4 Å². The zero-order valence-corrected chi connectivity index (χ0v) is 16.7. The molecule has 3 nitrogen and oxygen atoms in total. The van der Waals surface area contributed by atoms with Gasteiger partial charge in [0.1, 0.15) is 0 Å². The van der Waals surface area contributed by atoms with E-state index in [-0.39, 0.29) is 42.1 Å². The Hall–Kier alpha value is 0.170. The molecule has 0 aromatic rings. The van der Waals surface area contributed by atoms with Crippen molar-refractivity contribution in [3.8, 4) is 0 Å². The fourth-order valence-electron chi connectivity index (χ4n) is 2.32. The van der Waals surface area contributed by atoms with Crippen molar-refractivity contribution in [1.82, 2.24) is 0 Å². The van der Waals surface area contributed by atoms with Crippen molar-refractivity contribution in [3.05, 3.63) is 12.2 Å². The molecule has 0 amide bonds. The Morgan fingerprint density at radius 2 is 1.45 bits per heavy atom. The first kappa shape index (κ1) is 24.4. The molecule has 1 atom stereocenters. The number of aliphatic hydroxyl groups excluding tert-OH is 1. The van der Waals surface area contributed by atoms with E-state index < -0.39 is 5.97 Å². The monoisotopic (exact) mass is 320 g/mol. The summed E-state index contributed by atoms with van der Waals surface area (Å²) in [6.45, 7) is 2.02. The molecule has 4 heteroatoms. The van der Waals surface area contributed by atoms with Gasteiger partial charge < -0.3 is 15.0 Å². The maximum Gasteiger partial charge on any atom is 1.00 e. The average Bonchev–Trinajstić information content (AvgIpc) is 2.46. The maximum absolute atomic E-state index is 10.2. The van der Waals surface area contributed by atoms with Crippen LogP contribution in [0.4, 0.5) is 0 Å². The summed E-state index contributed by atoms with van der Waals surface area (Å²) in [6.07, 6.45) is 17.6. The molecule has 124 valence electrons. The number of carbonyl (C=O) groups is 1. The maximum atomic E-state index is 10.2. The fraction of sp³-hybridized carbons (Fsp3) is 0.833. The summed E-state index contributed by atoms with van der Waals surface area (Å²) in [6, 6.07) is 0.